The number of rotatable bonds is 18. The molecule has 1 fully saturated rings. The molecule has 0 aliphatic carbocycles. The minimum absolute atomic E-state index is 0.0191. The monoisotopic (exact) mass is 819 g/mol. The van der Waals surface area contributed by atoms with Crippen LogP contribution < -0.4 is 0 Å². The van der Waals surface area contributed by atoms with Gasteiger partial charge in [0.2, 0.25) is 0 Å². The Kier molecular flexibility index (Phi) is 21.6. The zero-order valence-electron chi connectivity index (χ0n) is 36.8. The predicted molar refractivity (Wildman–Crippen MR) is 219 cm³/mol. The van der Waals surface area contributed by atoms with Gasteiger partial charge in [-0.1, -0.05) is 11.2 Å². The van der Waals surface area contributed by atoms with E-state index in [2.05, 4.69) is 14.9 Å². The van der Waals surface area contributed by atoms with E-state index in [1.807, 2.05) is 74.4 Å². The molecule has 0 spiro atoms. The maximum Gasteiger partial charge on any atom is 0.323 e. The largest absolute Gasteiger partial charge is 0.466 e. The molecule has 0 radical (unpaired) electrons. The van der Waals surface area contributed by atoms with Gasteiger partial charge in [0.05, 0.1) is 37.7 Å². The van der Waals surface area contributed by atoms with Gasteiger partial charge in [0, 0.05) is 83.4 Å². The van der Waals surface area contributed by atoms with E-state index in [0.29, 0.717) is 85.1 Å². The lowest BCUT2D eigenvalue weighted by Gasteiger charge is -2.37. The molecule has 17 nitrogen and oxygen atoms in total. The van der Waals surface area contributed by atoms with E-state index in [9.17, 15) is 19.2 Å². The highest BCUT2D eigenvalue weighted by atomic mass is 16.6. The van der Waals surface area contributed by atoms with Gasteiger partial charge in [0.25, 0.3) is 0 Å². The van der Waals surface area contributed by atoms with Crippen molar-refractivity contribution < 1.29 is 42.9 Å². The first-order valence-electron chi connectivity index (χ1n) is 20.4. The van der Waals surface area contributed by atoms with Crippen molar-refractivity contribution in [3.63, 3.8) is 0 Å². The SMILES string of the molecule is CCOC(=O)CCC(C(=O)OC(C)(C)C)N1CCN(CC(=O)OC(C)(C)C)CCN(Cc2cccc(COCCCN=[N+]=[N-])n2)CCN(CC(=O)OC(C)(C)C)CC1. The first-order valence-corrected chi connectivity index (χ1v) is 20.4. The smallest absolute Gasteiger partial charge is 0.323 e. The normalized spacial score (nSPS) is 16.6. The first-order chi connectivity index (χ1) is 27.2. The molecular formula is C41H70N8O9. The quantitative estimate of drug-likeness (QED) is 0.0493. The van der Waals surface area contributed by atoms with Gasteiger partial charge in [-0.3, -0.25) is 43.8 Å². The van der Waals surface area contributed by atoms with Crippen molar-refractivity contribution in [3.8, 4) is 0 Å². The second kappa shape index (κ2) is 24.9. The summed E-state index contributed by atoms with van der Waals surface area (Å²) in [6, 6.07) is 5.02. The topological polar surface area (TPSA) is 189 Å². The van der Waals surface area contributed by atoms with Crippen molar-refractivity contribution in [1.82, 2.24) is 24.6 Å². The van der Waals surface area contributed by atoms with Crippen LogP contribution in [0.25, 0.3) is 10.4 Å². The molecule has 1 aromatic heterocycles. The number of aromatic nitrogens is 1. The van der Waals surface area contributed by atoms with Crippen molar-refractivity contribution in [2.24, 2.45) is 5.11 Å². The third-order valence-electron chi connectivity index (χ3n) is 8.57. The molecular weight excluding hydrogens is 748 g/mol. The van der Waals surface area contributed by atoms with E-state index in [1.165, 1.54) is 0 Å². The molecule has 0 N–H and O–H groups in total. The van der Waals surface area contributed by atoms with Crippen LogP contribution in [0.2, 0.25) is 0 Å². The Morgan fingerprint density at radius 2 is 1.28 bits per heavy atom. The summed E-state index contributed by atoms with van der Waals surface area (Å²) in [4.78, 5) is 68.8. The van der Waals surface area contributed by atoms with Crippen molar-refractivity contribution in [1.29, 1.82) is 0 Å². The number of hydrogen-bond donors (Lipinski definition) is 0. The predicted octanol–water partition coefficient (Wildman–Crippen LogP) is 4.76. The third-order valence-corrected chi connectivity index (χ3v) is 8.57. The molecule has 17 heteroatoms. The lowest BCUT2D eigenvalue weighted by molar-refractivity contribution is -0.163. The van der Waals surface area contributed by atoms with Gasteiger partial charge < -0.3 is 23.7 Å². The van der Waals surface area contributed by atoms with Gasteiger partial charge >= 0.3 is 23.9 Å². The van der Waals surface area contributed by atoms with Crippen LogP contribution in [0.15, 0.2) is 23.3 Å². The minimum atomic E-state index is -0.789. The summed E-state index contributed by atoms with van der Waals surface area (Å²) in [5.74, 6) is -1.58. The van der Waals surface area contributed by atoms with Gasteiger partial charge in [-0.2, -0.15) is 0 Å². The molecule has 1 aliphatic heterocycles. The molecule has 1 unspecified atom stereocenters. The highest BCUT2D eigenvalue weighted by Crippen LogP contribution is 2.18. The number of nitrogens with zero attached hydrogens (tertiary/aromatic N) is 8. The molecule has 328 valence electrons. The van der Waals surface area contributed by atoms with Gasteiger partial charge in [-0.25, -0.2) is 0 Å². The lowest BCUT2D eigenvalue weighted by atomic mass is 10.1. The average molecular weight is 819 g/mol. The molecule has 1 atom stereocenters. The number of hydrogen-bond acceptors (Lipinski definition) is 15. The number of carbonyl (C=O) groups is 4. The van der Waals surface area contributed by atoms with Crippen LogP contribution in [-0.2, 0) is 56.0 Å². The van der Waals surface area contributed by atoms with Crippen LogP contribution >= 0.6 is 0 Å². The maximum absolute atomic E-state index is 13.9. The summed E-state index contributed by atoms with van der Waals surface area (Å²) in [5.41, 5.74) is 8.01. The Morgan fingerprint density at radius 1 is 0.759 bits per heavy atom. The van der Waals surface area contributed by atoms with E-state index in [-0.39, 0.29) is 44.5 Å². The zero-order valence-corrected chi connectivity index (χ0v) is 36.8. The standard InChI is InChI=1S/C41H70N8O9/c1-11-55-35(50)17-16-34(38(53)58-41(8,9)10)49-25-23-47(29-36(51)56-39(2,3)4)21-19-46(20-22-48(24-26-49)30-37(52)57-40(5,6)7)28-32-14-12-15-33(44-32)31-54-27-13-18-43-45-42/h12,14-15,34H,11,13,16-31H2,1-10H3. The lowest BCUT2D eigenvalue weighted by Crippen LogP contribution is -2.52. The molecule has 2 heterocycles. The summed E-state index contributed by atoms with van der Waals surface area (Å²) < 4.78 is 28.3. The molecule has 1 aliphatic rings. The van der Waals surface area contributed by atoms with Gasteiger partial charge in [0.1, 0.15) is 22.8 Å². The van der Waals surface area contributed by atoms with Crippen LogP contribution in [0.1, 0.15) is 99.9 Å². The molecule has 0 saturated carbocycles. The Hall–Kier alpha value is -3.86. The number of azide groups is 1. The number of ether oxygens (including phenoxy) is 5. The number of carbonyl (C=O) groups excluding carboxylic acids is 4. The Bertz CT molecular complexity index is 1440. The van der Waals surface area contributed by atoms with E-state index in [0.717, 1.165) is 11.4 Å². The Morgan fingerprint density at radius 3 is 1.79 bits per heavy atom. The fraction of sp³-hybridized carbons (Fsp3) is 0.780. The molecule has 0 bridgehead atoms. The molecule has 58 heavy (non-hydrogen) atoms. The zero-order chi connectivity index (χ0) is 43.4. The van der Waals surface area contributed by atoms with E-state index < -0.39 is 34.8 Å². The number of esters is 4. The second-order valence-electron chi connectivity index (χ2n) is 17.4. The molecule has 1 saturated heterocycles. The fourth-order valence-corrected chi connectivity index (χ4v) is 6.14. The minimum Gasteiger partial charge on any atom is -0.466 e. The Labute approximate surface area is 345 Å². The molecule has 0 amide bonds. The first kappa shape index (κ1) is 50.3. The van der Waals surface area contributed by atoms with Crippen LogP contribution in [0, 0.1) is 0 Å². The van der Waals surface area contributed by atoms with Crippen LogP contribution in [0.3, 0.4) is 0 Å². The Balaban J connectivity index is 2.47. The summed E-state index contributed by atoms with van der Waals surface area (Å²) >= 11 is 0. The average Bonchev–Trinajstić information content (AvgIpc) is 3.08. The molecule has 1 aromatic rings. The fourth-order valence-electron chi connectivity index (χ4n) is 6.14. The summed E-state index contributed by atoms with van der Waals surface area (Å²) in [7, 11) is 0. The summed E-state index contributed by atoms with van der Waals surface area (Å²) in [6.07, 6.45) is 0.807. The van der Waals surface area contributed by atoms with Crippen LogP contribution in [0.5, 0.6) is 0 Å². The molecule has 2 rings (SSSR count). The highest BCUT2D eigenvalue weighted by Gasteiger charge is 2.33. The summed E-state index contributed by atoms with van der Waals surface area (Å²) in [5, 5.41) is 3.54. The van der Waals surface area contributed by atoms with Gasteiger partial charge in [-0.15, -0.1) is 0 Å². The maximum atomic E-state index is 13.9. The van der Waals surface area contributed by atoms with E-state index >= 15 is 0 Å². The van der Waals surface area contributed by atoms with Crippen LogP contribution in [0.4, 0.5) is 0 Å². The highest BCUT2D eigenvalue weighted by molar-refractivity contribution is 5.78. The van der Waals surface area contributed by atoms with Crippen molar-refractivity contribution in [3.05, 3.63) is 40.0 Å². The second-order valence-corrected chi connectivity index (χ2v) is 17.4. The molecule has 0 aromatic carbocycles. The van der Waals surface area contributed by atoms with Gasteiger partial charge in [-0.05, 0) is 99.7 Å². The van der Waals surface area contributed by atoms with Crippen LogP contribution in [-0.4, -0.2) is 157 Å². The van der Waals surface area contributed by atoms with Crippen molar-refractivity contribution in [2.45, 2.75) is 124 Å². The van der Waals surface area contributed by atoms with Gasteiger partial charge in [0.15, 0.2) is 0 Å². The van der Waals surface area contributed by atoms with E-state index in [1.54, 1.807) is 27.7 Å². The summed E-state index contributed by atoms with van der Waals surface area (Å²) in [6.45, 7) is 23.7. The van der Waals surface area contributed by atoms with E-state index in [4.69, 9.17) is 34.2 Å². The van der Waals surface area contributed by atoms with Crippen molar-refractivity contribution >= 4 is 23.9 Å². The number of pyridine rings is 1. The van der Waals surface area contributed by atoms with Crippen molar-refractivity contribution in [2.75, 3.05) is 85.2 Å². The third kappa shape index (κ3) is 22.9.